The van der Waals surface area contributed by atoms with Crippen LogP contribution in [0.1, 0.15) is 25.0 Å². The average molecular weight is 471 g/mol. The lowest BCUT2D eigenvalue weighted by molar-refractivity contribution is -0.123. The minimum Gasteiger partial charge on any atom is -0.465 e. The highest BCUT2D eigenvalue weighted by atomic mass is 16.4. The summed E-state index contributed by atoms with van der Waals surface area (Å²) in [6, 6.07) is 17.3. The third-order valence-corrected chi connectivity index (χ3v) is 5.29. The van der Waals surface area contributed by atoms with Crippen molar-refractivity contribution in [3.05, 3.63) is 71.8 Å². The lowest BCUT2D eigenvalue weighted by Crippen LogP contribution is -2.63. The standard InChI is InChI=1S/C24H30N4O6/c1-16(20(29)26-22(31)32)25-15-24(13-18-9-5-3-6-10-18,14-19-11-7-4-8-12-19)28-17(2)21(30)27-23(33)34/h3-12,16-17,25,28H,13-15H2,1-2H3,(H,26,29)(H,27,30)(H,31,32)(H,33,34)/t16-,17-/m0/s1. The number of imide groups is 2. The van der Waals surface area contributed by atoms with Crippen molar-refractivity contribution in [2.24, 2.45) is 0 Å². The van der Waals surface area contributed by atoms with Gasteiger partial charge in [0.1, 0.15) is 0 Å². The van der Waals surface area contributed by atoms with E-state index in [2.05, 4.69) is 10.6 Å². The summed E-state index contributed by atoms with van der Waals surface area (Å²) in [5.41, 5.74) is 1.08. The molecule has 2 rings (SSSR count). The van der Waals surface area contributed by atoms with Crippen LogP contribution in [-0.4, -0.2) is 58.4 Å². The molecule has 10 heteroatoms. The van der Waals surface area contributed by atoms with Gasteiger partial charge in [-0.2, -0.15) is 0 Å². The third-order valence-electron chi connectivity index (χ3n) is 5.29. The van der Waals surface area contributed by atoms with Gasteiger partial charge in [-0.15, -0.1) is 0 Å². The first kappa shape index (κ1) is 26.5. The molecule has 2 aromatic rings. The number of carbonyl (C=O) groups excluding carboxylic acids is 2. The summed E-state index contributed by atoms with van der Waals surface area (Å²) in [6.45, 7) is 3.27. The molecule has 2 aromatic carbocycles. The van der Waals surface area contributed by atoms with Gasteiger partial charge in [0, 0.05) is 12.1 Å². The van der Waals surface area contributed by atoms with Crippen LogP contribution in [0.2, 0.25) is 0 Å². The van der Waals surface area contributed by atoms with Gasteiger partial charge in [-0.05, 0) is 37.8 Å². The second-order valence-corrected chi connectivity index (χ2v) is 8.16. The smallest absolute Gasteiger partial charge is 0.411 e. The monoisotopic (exact) mass is 470 g/mol. The van der Waals surface area contributed by atoms with E-state index >= 15 is 0 Å². The molecule has 0 heterocycles. The third kappa shape index (κ3) is 8.64. The van der Waals surface area contributed by atoms with E-state index in [0.717, 1.165) is 11.1 Å². The van der Waals surface area contributed by atoms with Crippen LogP contribution in [0.25, 0.3) is 0 Å². The van der Waals surface area contributed by atoms with Crippen LogP contribution in [0.15, 0.2) is 60.7 Å². The van der Waals surface area contributed by atoms with E-state index in [-0.39, 0.29) is 6.54 Å². The Balaban J connectivity index is 2.38. The van der Waals surface area contributed by atoms with Gasteiger partial charge < -0.3 is 15.5 Å². The normalized spacial score (nSPS) is 12.9. The fraction of sp³-hybridized carbons (Fsp3) is 0.333. The first-order chi connectivity index (χ1) is 16.1. The van der Waals surface area contributed by atoms with E-state index in [1.807, 2.05) is 71.3 Å². The van der Waals surface area contributed by atoms with Crippen molar-refractivity contribution in [1.29, 1.82) is 0 Å². The summed E-state index contributed by atoms with van der Waals surface area (Å²) < 4.78 is 0. The Morgan fingerprint density at radius 1 is 0.735 bits per heavy atom. The fourth-order valence-electron chi connectivity index (χ4n) is 3.71. The summed E-state index contributed by atoms with van der Waals surface area (Å²) in [6.07, 6.45) is -2.02. The molecule has 0 saturated carbocycles. The van der Waals surface area contributed by atoms with Gasteiger partial charge in [-0.1, -0.05) is 60.7 Å². The first-order valence-corrected chi connectivity index (χ1v) is 10.8. The molecule has 2 atom stereocenters. The molecule has 0 bridgehead atoms. The molecule has 0 radical (unpaired) electrons. The molecule has 182 valence electrons. The van der Waals surface area contributed by atoms with Crippen molar-refractivity contribution in [1.82, 2.24) is 21.3 Å². The molecule has 0 aromatic heterocycles. The summed E-state index contributed by atoms with van der Waals surface area (Å²) in [5.74, 6) is -1.42. The summed E-state index contributed by atoms with van der Waals surface area (Å²) in [7, 11) is 0. The zero-order chi connectivity index (χ0) is 25.1. The van der Waals surface area contributed by atoms with E-state index < -0.39 is 41.6 Å². The SMILES string of the molecule is C[C@H](NCC(Cc1ccccc1)(Cc1ccccc1)N[C@@H](C)C(=O)NC(=O)O)C(=O)NC(=O)O. The predicted octanol–water partition coefficient (Wildman–Crippen LogP) is 1.76. The van der Waals surface area contributed by atoms with E-state index in [9.17, 15) is 19.2 Å². The Labute approximate surface area is 197 Å². The molecule has 0 aliphatic carbocycles. The molecule has 0 saturated heterocycles. The van der Waals surface area contributed by atoms with Gasteiger partial charge in [0.2, 0.25) is 11.8 Å². The number of carboxylic acid groups (broad SMARTS) is 2. The van der Waals surface area contributed by atoms with Crippen LogP contribution in [0.5, 0.6) is 0 Å². The molecule has 6 N–H and O–H groups in total. The van der Waals surface area contributed by atoms with Gasteiger partial charge in [-0.3, -0.25) is 25.5 Å². The number of rotatable bonds is 11. The number of amides is 4. The number of benzene rings is 2. The first-order valence-electron chi connectivity index (χ1n) is 10.8. The molecule has 4 amide bonds. The number of nitrogens with one attached hydrogen (secondary N) is 4. The van der Waals surface area contributed by atoms with Gasteiger partial charge in [0.15, 0.2) is 0 Å². The Bertz CT molecular complexity index is 942. The zero-order valence-corrected chi connectivity index (χ0v) is 19.1. The van der Waals surface area contributed by atoms with Crippen molar-refractivity contribution in [2.75, 3.05) is 6.54 Å². The van der Waals surface area contributed by atoms with E-state index in [1.165, 1.54) is 6.92 Å². The van der Waals surface area contributed by atoms with Crippen LogP contribution in [0.4, 0.5) is 9.59 Å². The van der Waals surface area contributed by atoms with Crippen LogP contribution in [0, 0.1) is 0 Å². The molecular formula is C24H30N4O6. The molecule has 34 heavy (non-hydrogen) atoms. The van der Waals surface area contributed by atoms with Crippen molar-refractivity contribution in [2.45, 2.75) is 44.3 Å². The molecule has 0 aliphatic rings. The largest absolute Gasteiger partial charge is 0.465 e. The minimum absolute atomic E-state index is 0.176. The summed E-state index contributed by atoms with van der Waals surface area (Å²) >= 11 is 0. The predicted molar refractivity (Wildman–Crippen MR) is 125 cm³/mol. The van der Waals surface area contributed by atoms with E-state index in [1.54, 1.807) is 6.92 Å². The number of hydrogen-bond donors (Lipinski definition) is 6. The van der Waals surface area contributed by atoms with Crippen molar-refractivity contribution in [3.63, 3.8) is 0 Å². The van der Waals surface area contributed by atoms with Crippen LogP contribution >= 0.6 is 0 Å². The molecular weight excluding hydrogens is 440 g/mol. The van der Waals surface area contributed by atoms with Crippen molar-refractivity contribution >= 4 is 24.0 Å². The van der Waals surface area contributed by atoms with E-state index in [4.69, 9.17) is 10.2 Å². The Morgan fingerprint density at radius 3 is 1.56 bits per heavy atom. The summed E-state index contributed by atoms with van der Waals surface area (Å²) in [5, 5.41) is 27.8. The average Bonchev–Trinajstić information content (AvgIpc) is 2.78. The Morgan fingerprint density at radius 2 is 1.15 bits per heavy atom. The topological polar surface area (TPSA) is 157 Å². The zero-order valence-electron chi connectivity index (χ0n) is 19.1. The maximum Gasteiger partial charge on any atom is 0.411 e. The van der Waals surface area contributed by atoms with Crippen LogP contribution in [-0.2, 0) is 22.4 Å². The maximum absolute atomic E-state index is 12.4. The molecule has 0 fully saturated rings. The highest BCUT2D eigenvalue weighted by Gasteiger charge is 2.35. The summed E-state index contributed by atoms with van der Waals surface area (Å²) in [4.78, 5) is 46.4. The van der Waals surface area contributed by atoms with Gasteiger partial charge in [-0.25, -0.2) is 9.59 Å². The van der Waals surface area contributed by atoms with E-state index in [0.29, 0.717) is 12.8 Å². The lowest BCUT2D eigenvalue weighted by atomic mass is 9.83. The molecule has 10 nitrogen and oxygen atoms in total. The minimum atomic E-state index is -1.45. The second-order valence-electron chi connectivity index (χ2n) is 8.16. The maximum atomic E-state index is 12.4. The number of hydrogen-bond acceptors (Lipinski definition) is 6. The van der Waals surface area contributed by atoms with Crippen LogP contribution < -0.4 is 21.3 Å². The lowest BCUT2D eigenvalue weighted by Gasteiger charge is -2.38. The van der Waals surface area contributed by atoms with Gasteiger partial charge in [0.05, 0.1) is 12.1 Å². The Kier molecular flexibility index (Phi) is 9.72. The molecule has 0 aliphatic heterocycles. The highest BCUT2D eigenvalue weighted by molar-refractivity contribution is 5.94. The fourth-order valence-corrected chi connectivity index (χ4v) is 3.71. The van der Waals surface area contributed by atoms with Gasteiger partial charge >= 0.3 is 12.2 Å². The highest BCUT2D eigenvalue weighted by Crippen LogP contribution is 2.21. The van der Waals surface area contributed by atoms with Crippen LogP contribution in [0.3, 0.4) is 0 Å². The second kappa shape index (κ2) is 12.5. The van der Waals surface area contributed by atoms with Gasteiger partial charge in [0.25, 0.3) is 0 Å². The van der Waals surface area contributed by atoms with Crippen molar-refractivity contribution in [3.8, 4) is 0 Å². The quantitative estimate of drug-likeness (QED) is 0.290. The number of carbonyl (C=O) groups is 4. The molecule has 0 spiro atoms. The molecule has 0 unspecified atom stereocenters. The van der Waals surface area contributed by atoms with Crippen molar-refractivity contribution < 1.29 is 29.4 Å². The Hall–Kier alpha value is -3.76.